The molecule has 60 valence electrons. The van der Waals surface area contributed by atoms with Gasteiger partial charge in [-0.15, -0.1) is 5.73 Å². The van der Waals surface area contributed by atoms with E-state index in [9.17, 15) is 4.79 Å². The van der Waals surface area contributed by atoms with Crippen molar-refractivity contribution < 1.29 is 4.79 Å². The van der Waals surface area contributed by atoms with E-state index >= 15 is 0 Å². The van der Waals surface area contributed by atoms with E-state index in [1.54, 1.807) is 6.07 Å². The summed E-state index contributed by atoms with van der Waals surface area (Å²) >= 11 is 2.13. The highest BCUT2D eigenvalue weighted by Gasteiger charge is 2.03. The summed E-state index contributed by atoms with van der Waals surface area (Å²) in [6.45, 7) is 3.35. The number of benzene rings is 1. The first-order chi connectivity index (χ1) is 5.75. The van der Waals surface area contributed by atoms with Gasteiger partial charge >= 0.3 is 0 Å². The Balaban J connectivity index is 3.11. The summed E-state index contributed by atoms with van der Waals surface area (Å²) in [5.41, 5.74) is 3.17. The van der Waals surface area contributed by atoms with E-state index in [2.05, 4.69) is 34.9 Å². The Labute approximate surface area is 84.9 Å². The number of allylic oxidation sites excluding steroid dienone is 1. The lowest BCUT2D eigenvalue weighted by atomic mass is 10.1. The van der Waals surface area contributed by atoms with Gasteiger partial charge in [-0.2, -0.15) is 0 Å². The van der Waals surface area contributed by atoms with Gasteiger partial charge in [-0.05, 0) is 34.7 Å². The highest BCUT2D eigenvalue weighted by Crippen LogP contribution is 2.11. The van der Waals surface area contributed by atoms with Crippen LogP contribution < -0.4 is 0 Å². The van der Waals surface area contributed by atoms with Crippen molar-refractivity contribution in [2.75, 3.05) is 0 Å². The number of carbonyl (C=O) groups is 1. The highest BCUT2D eigenvalue weighted by molar-refractivity contribution is 14.1. The molecule has 12 heavy (non-hydrogen) atoms. The normalized spacial score (nSPS) is 8.75. The molecule has 0 radical (unpaired) electrons. The molecule has 0 aromatic heterocycles. The summed E-state index contributed by atoms with van der Waals surface area (Å²) in [6.07, 6.45) is 1.34. The molecule has 0 atom stereocenters. The third-order valence-electron chi connectivity index (χ3n) is 1.37. The zero-order chi connectivity index (χ0) is 8.97. The van der Waals surface area contributed by atoms with Crippen molar-refractivity contribution in [1.82, 2.24) is 0 Å². The van der Waals surface area contributed by atoms with Gasteiger partial charge in [0.15, 0.2) is 5.78 Å². The van der Waals surface area contributed by atoms with Crippen LogP contribution in [0.4, 0.5) is 0 Å². The molecule has 0 spiro atoms. The van der Waals surface area contributed by atoms with Gasteiger partial charge < -0.3 is 0 Å². The summed E-state index contributed by atoms with van der Waals surface area (Å²) in [4.78, 5) is 11.3. The molecule has 0 bridgehead atoms. The number of hydrogen-bond acceptors (Lipinski definition) is 1. The van der Waals surface area contributed by atoms with Gasteiger partial charge in [0.1, 0.15) is 0 Å². The van der Waals surface area contributed by atoms with Gasteiger partial charge in [-0.25, -0.2) is 0 Å². The molecule has 1 nitrogen and oxygen atoms in total. The van der Waals surface area contributed by atoms with Gasteiger partial charge in [0.05, 0.1) is 0 Å². The molecule has 0 unspecified atom stereocenters. The number of carbonyl (C=O) groups excluding carboxylic acids is 1. The first-order valence-corrected chi connectivity index (χ1v) is 4.48. The molecule has 0 fully saturated rings. The summed E-state index contributed by atoms with van der Waals surface area (Å²) in [5, 5.41) is 0. The quantitative estimate of drug-likeness (QED) is 0.349. The van der Waals surface area contributed by atoms with Crippen molar-refractivity contribution in [3.8, 4) is 0 Å². The molecule has 0 aliphatic rings. The standard InChI is InChI=1S/C10H7IO/c1-2-5-10(12)8-6-3-4-7-9(8)11/h3-7H,1H2. The monoisotopic (exact) mass is 270 g/mol. The van der Waals surface area contributed by atoms with E-state index in [0.29, 0.717) is 5.56 Å². The van der Waals surface area contributed by atoms with Crippen molar-refractivity contribution in [2.24, 2.45) is 0 Å². The van der Waals surface area contributed by atoms with Gasteiger partial charge in [0.25, 0.3) is 0 Å². The Kier molecular flexibility index (Phi) is 3.26. The first-order valence-electron chi connectivity index (χ1n) is 3.40. The molecular formula is C10H7IO. The van der Waals surface area contributed by atoms with Crippen molar-refractivity contribution in [3.63, 3.8) is 0 Å². The molecule has 1 aromatic rings. The predicted molar refractivity (Wildman–Crippen MR) is 57.2 cm³/mol. The van der Waals surface area contributed by atoms with Crippen LogP contribution >= 0.6 is 22.6 Å². The lowest BCUT2D eigenvalue weighted by Crippen LogP contribution is -1.96. The van der Waals surface area contributed by atoms with Crippen molar-refractivity contribution in [2.45, 2.75) is 0 Å². The van der Waals surface area contributed by atoms with Crippen molar-refractivity contribution in [3.05, 3.63) is 51.8 Å². The number of rotatable bonds is 2. The Morgan fingerprint density at radius 1 is 1.50 bits per heavy atom. The van der Waals surface area contributed by atoms with Crippen LogP contribution in [0.15, 0.2) is 42.7 Å². The first kappa shape index (κ1) is 9.23. The Hall–Kier alpha value is -0.860. The SMILES string of the molecule is C=C=CC(=O)c1ccccc1I. The summed E-state index contributed by atoms with van der Waals surface area (Å²) in [7, 11) is 0. The zero-order valence-corrected chi connectivity index (χ0v) is 8.54. The maximum atomic E-state index is 11.3. The summed E-state index contributed by atoms with van der Waals surface area (Å²) in [6, 6.07) is 7.42. The second-order valence-electron chi connectivity index (χ2n) is 2.19. The molecule has 0 saturated heterocycles. The minimum absolute atomic E-state index is 0.0463. The zero-order valence-electron chi connectivity index (χ0n) is 6.38. The van der Waals surface area contributed by atoms with Crippen LogP contribution in [0.5, 0.6) is 0 Å². The third-order valence-corrected chi connectivity index (χ3v) is 2.31. The van der Waals surface area contributed by atoms with E-state index < -0.39 is 0 Å². The largest absolute Gasteiger partial charge is 0.289 e. The molecule has 0 saturated carbocycles. The minimum Gasteiger partial charge on any atom is -0.289 e. The Morgan fingerprint density at radius 2 is 2.17 bits per heavy atom. The molecule has 0 heterocycles. The second kappa shape index (κ2) is 4.24. The fraction of sp³-hybridized carbons (Fsp3) is 0. The van der Waals surface area contributed by atoms with E-state index in [-0.39, 0.29) is 5.78 Å². The average Bonchev–Trinajstić information content (AvgIpc) is 2.05. The molecule has 0 aliphatic carbocycles. The molecule has 1 rings (SSSR count). The van der Waals surface area contributed by atoms with Crippen LogP contribution in [0.1, 0.15) is 10.4 Å². The predicted octanol–water partition coefficient (Wildman–Crippen LogP) is 2.82. The molecule has 0 amide bonds. The van der Waals surface area contributed by atoms with Crippen LogP contribution in [-0.2, 0) is 0 Å². The second-order valence-corrected chi connectivity index (χ2v) is 3.35. The topological polar surface area (TPSA) is 17.1 Å². The van der Waals surface area contributed by atoms with Crippen LogP contribution in [0.2, 0.25) is 0 Å². The molecule has 1 aromatic carbocycles. The van der Waals surface area contributed by atoms with Crippen LogP contribution in [0.3, 0.4) is 0 Å². The third kappa shape index (κ3) is 2.06. The van der Waals surface area contributed by atoms with Crippen molar-refractivity contribution >= 4 is 28.4 Å². The van der Waals surface area contributed by atoms with Crippen LogP contribution in [0, 0.1) is 3.57 Å². The molecule has 2 heteroatoms. The molecular weight excluding hydrogens is 263 g/mol. The van der Waals surface area contributed by atoms with Crippen LogP contribution in [-0.4, -0.2) is 5.78 Å². The fourth-order valence-electron chi connectivity index (χ4n) is 0.831. The van der Waals surface area contributed by atoms with E-state index in [1.165, 1.54) is 6.08 Å². The average molecular weight is 270 g/mol. The maximum absolute atomic E-state index is 11.3. The van der Waals surface area contributed by atoms with Gasteiger partial charge in [0.2, 0.25) is 0 Å². The highest BCUT2D eigenvalue weighted by atomic mass is 127. The van der Waals surface area contributed by atoms with Gasteiger partial charge in [-0.1, -0.05) is 18.7 Å². The summed E-state index contributed by atoms with van der Waals surface area (Å²) in [5.74, 6) is -0.0463. The fourth-order valence-corrected chi connectivity index (χ4v) is 1.48. The number of ketones is 1. The minimum atomic E-state index is -0.0463. The number of halogens is 1. The lowest BCUT2D eigenvalue weighted by Gasteiger charge is -1.96. The summed E-state index contributed by atoms with van der Waals surface area (Å²) < 4.78 is 0.951. The van der Waals surface area contributed by atoms with Crippen LogP contribution in [0.25, 0.3) is 0 Å². The maximum Gasteiger partial charge on any atom is 0.194 e. The van der Waals surface area contributed by atoms with E-state index in [0.717, 1.165) is 3.57 Å². The van der Waals surface area contributed by atoms with E-state index in [1.807, 2.05) is 18.2 Å². The lowest BCUT2D eigenvalue weighted by molar-refractivity contribution is 0.104. The van der Waals surface area contributed by atoms with Gasteiger partial charge in [0, 0.05) is 15.2 Å². The Morgan fingerprint density at radius 3 is 2.75 bits per heavy atom. The van der Waals surface area contributed by atoms with Gasteiger partial charge in [-0.3, -0.25) is 4.79 Å². The number of hydrogen-bond donors (Lipinski definition) is 0. The smallest absolute Gasteiger partial charge is 0.194 e. The molecule has 0 N–H and O–H groups in total. The Bertz CT molecular complexity index is 349. The van der Waals surface area contributed by atoms with Crippen molar-refractivity contribution in [1.29, 1.82) is 0 Å². The van der Waals surface area contributed by atoms with E-state index in [4.69, 9.17) is 0 Å². The molecule has 0 aliphatic heterocycles.